The number of aryl methyl sites for hydroxylation is 4. The number of aliphatic carboxylic acids is 1. The van der Waals surface area contributed by atoms with E-state index >= 15 is 4.39 Å². The van der Waals surface area contributed by atoms with E-state index in [1.54, 1.807) is 19.9 Å². The highest BCUT2D eigenvalue weighted by atomic mass is 19.4. The first-order valence-electron chi connectivity index (χ1n) is 15.8. The number of rotatable bonds is 12. The molecule has 12 heteroatoms. The Bertz CT molecular complexity index is 1690. The van der Waals surface area contributed by atoms with Crippen LogP contribution in [0.1, 0.15) is 84.3 Å². The molecule has 2 aromatic carbocycles. The lowest BCUT2D eigenvalue weighted by molar-refractivity contribution is -0.140. The molecule has 2 heterocycles. The van der Waals surface area contributed by atoms with Gasteiger partial charge in [-0.2, -0.15) is 18.3 Å². The van der Waals surface area contributed by atoms with Crippen molar-refractivity contribution in [2.24, 2.45) is 5.92 Å². The normalized spacial score (nSPS) is 15.0. The van der Waals surface area contributed by atoms with Crippen LogP contribution in [0.4, 0.5) is 17.6 Å². The van der Waals surface area contributed by atoms with E-state index in [1.165, 1.54) is 13.0 Å². The van der Waals surface area contributed by atoms with Gasteiger partial charge in [-0.3, -0.25) is 14.4 Å². The van der Waals surface area contributed by atoms with E-state index in [4.69, 9.17) is 0 Å². The Kier molecular flexibility index (Phi) is 10.9. The minimum atomic E-state index is -4.99. The minimum Gasteiger partial charge on any atom is -0.481 e. The van der Waals surface area contributed by atoms with Crippen LogP contribution in [-0.2, 0) is 22.2 Å². The number of likely N-dealkylation sites (tertiary alicyclic amines) is 1. The molecule has 4 rings (SSSR count). The van der Waals surface area contributed by atoms with Gasteiger partial charge >= 0.3 is 12.1 Å². The summed E-state index contributed by atoms with van der Waals surface area (Å²) in [5.74, 6) is -3.25. The Morgan fingerprint density at radius 2 is 1.64 bits per heavy atom. The molecule has 1 saturated heterocycles. The van der Waals surface area contributed by atoms with Crippen molar-refractivity contribution in [1.29, 1.82) is 0 Å². The van der Waals surface area contributed by atoms with Gasteiger partial charge in [-0.15, -0.1) is 0 Å². The van der Waals surface area contributed by atoms with Crippen molar-refractivity contribution in [2.45, 2.75) is 85.5 Å². The van der Waals surface area contributed by atoms with Gasteiger partial charge in [0.1, 0.15) is 17.4 Å². The van der Waals surface area contributed by atoms with Gasteiger partial charge in [0.15, 0.2) is 0 Å². The first-order valence-corrected chi connectivity index (χ1v) is 15.8. The Morgan fingerprint density at radius 3 is 2.17 bits per heavy atom. The number of nitrogens with zero attached hydrogens (tertiary/aromatic N) is 3. The fourth-order valence-corrected chi connectivity index (χ4v) is 6.25. The smallest absolute Gasteiger partial charge is 0.421 e. The second kappa shape index (κ2) is 14.4. The third-order valence-electron chi connectivity index (χ3n) is 8.54. The fourth-order valence-electron chi connectivity index (χ4n) is 6.25. The monoisotopic (exact) mass is 658 g/mol. The van der Waals surface area contributed by atoms with Crippen molar-refractivity contribution in [3.63, 3.8) is 0 Å². The molecule has 2 N–H and O–H groups in total. The van der Waals surface area contributed by atoms with E-state index in [0.717, 1.165) is 47.8 Å². The Labute approximate surface area is 271 Å². The van der Waals surface area contributed by atoms with Crippen molar-refractivity contribution >= 4 is 11.9 Å². The summed E-state index contributed by atoms with van der Waals surface area (Å²) < 4.78 is 58.6. The number of halogens is 4. The maximum absolute atomic E-state index is 15.8. The number of carbonyl (C=O) groups is 2. The highest BCUT2D eigenvalue weighted by molar-refractivity contribution is 5.82. The highest BCUT2D eigenvalue weighted by Gasteiger charge is 2.38. The molecule has 1 aliphatic heterocycles. The number of alkyl halides is 3. The largest absolute Gasteiger partial charge is 0.481 e. The van der Waals surface area contributed by atoms with Crippen LogP contribution in [0, 0.1) is 39.4 Å². The number of nitrogens with one attached hydrogen (secondary N) is 1. The summed E-state index contributed by atoms with van der Waals surface area (Å²) in [6.45, 7) is 12.9. The molecule has 1 amide bonds. The average molecular weight is 659 g/mol. The first kappa shape index (κ1) is 35.8. The van der Waals surface area contributed by atoms with Crippen LogP contribution in [0.3, 0.4) is 0 Å². The number of hydrogen-bond donors (Lipinski definition) is 2. The lowest BCUT2D eigenvalue weighted by Crippen LogP contribution is -2.43. The van der Waals surface area contributed by atoms with Gasteiger partial charge in [-0.25, -0.2) is 9.07 Å². The molecule has 2 atom stereocenters. The third-order valence-corrected chi connectivity index (χ3v) is 8.54. The Balaban J connectivity index is 1.79. The Hall–Kier alpha value is -4.06. The van der Waals surface area contributed by atoms with Crippen molar-refractivity contribution in [3.05, 3.63) is 85.6 Å². The molecule has 1 fully saturated rings. The molecular formula is C35H42F4N4O4. The van der Waals surface area contributed by atoms with Gasteiger partial charge in [0.05, 0.1) is 18.2 Å². The van der Waals surface area contributed by atoms with Gasteiger partial charge in [0.25, 0.3) is 5.56 Å². The van der Waals surface area contributed by atoms with Crippen LogP contribution < -0.4 is 10.9 Å². The maximum Gasteiger partial charge on any atom is 0.421 e. The molecule has 0 saturated carbocycles. The number of aromatic nitrogens is 2. The molecule has 1 aliphatic rings. The van der Waals surface area contributed by atoms with Crippen LogP contribution in [0.15, 0.2) is 35.1 Å². The van der Waals surface area contributed by atoms with Crippen molar-refractivity contribution < 1.29 is 32.3 Å². The summed E-state index contributed by atoms with van der Waals surface area (Å²) in [7, 11) is 0. The molecule has 8 nitrogen and oxygen atoms in total. The zero-order valence-corrected chi connectivity index (χ0v) is 27.6. The first-order chi connectivity index (χ1) is 22.0. The van der Waals surface area contributed by atoms with Crippen molar-refractivity contribution in [3.8, 4) is 11.1 Å². The third kappa shape index (κ3) is 8.46. The number of carboxylic acid groups (broad SMARTS) is 1. The van der Waals surface area contributed by atoms with Crippen molar-refractivity contribution in [1.82, 2.24) is 20.0 Å². The lowest BCUT2D eigenvalue weighted by atomic mass is 9.89. The predicted molar refractivity (Wildman–Crippen MR) is 171 cm³/mol. The van der Waals surface area contributed by atoms with Gasteiger partial charge in [0, 0.05) is 18.5 Å². The number of hydrogen-bond acceptors (Lipinski definition) is 5. The van der Waals surface area contributed by atoms with Gasteiger partial charge in [-0.05, 0) is 106 Å². The molecular weight excluding hydrogens is 616 g/mol. The summed E-state index contributed by atoms with van der Waals surface area (Å²) >= 11 is 0. The fraction of sp³-hybridized carbons (Fsp3) is 0.486. The van der Waals surface area contributed by atoms with E-state index in [-0.39, 0.29) is 35.6 Å². The summed E-state index contributed by atoms with van der Waals surface area (Å²) in [4.78, 5) is 41.3. The van der Waals surface area contributed by atoms with E-state index in [1.807, 2.05) is 37.8 Å². The van der Waals surface area contributed by atoms with E-state index in [2.05, 4.69) is 10.4 Å². The summed E-state index contributed by atoms with van der Waals surface area (Å²) in [5.41, 5.74) is 1.58. The molecule has 3 aromatic rings. The quantitative estimate of drug-likeness (QED) is 0.216. The lowest BCUT2D eigenvalue weighted by Gasteiger charge is -2.30. The van der Waals surface area contributed by atoms with Crippen LogP contribution in [0.2, 0.25) is 0 Å². The topological polar surface area (TPSA) is 105 Å². The van der Waals surface area contributed by atoms with E-state index < -0.39 is 53.5 Å². The SMILES string of the molecule is Cc1cc(C)c(-c2cc(C)c(F)c([C@H](CC(=O)O)NC(=O)[C@H](CC(C)C)n3nc(CCN4CCC4)cc(C(F)(F)F)c3=O)c2)c(C)c1. The van der Waals surface area contributed by atoms with Gasteiger partial charge in [0.2, 0.25) is 5.91 Å². The highest BCUT2D eigenvalue weighted by Crippen LogP contribution is 2.34. The zero-order valence-electron chi connectivity index (χ0n) is 27.6. The molecule has 0 radical (unpaired) electrons. The van der Waals surface area contributed by atoms with Gasteiger partial charge in [-0.1, -0.05) is 31.5 Å². The molecule has 0 spiro atoms. The van der Waals surface area contributed by atoms with Crippen LogP contribution in [0.25, 0.3) is 11.1 Å². The second-order valence-corrected chi connectivity index (χ2v) is 13.0. The van der Waals surface area contributed by atoms with Crippen LogP contribution in [0.5, 0.6) is 0 Å². The molecule has 47 heavy (non-hydrogen) atoms. The van der Waals surface area contributed by atoms with E-state index in [0.29, 0.717) is 16.8 Å². The number of benzene rings is 2. The average Bonchev–Trinajstić information content (AvgIpc) is 2.91. The minimum absolute atomic E-state index is 0.00525. The second-order valence-electron chi connectivity index (χ2n) is 13.0. The van der Waals surface area contributed by atoms with Crippen LogP contribution >= 0.6 is 0 Å². The van der Waals surface area contributed by atoms with E-state index in [9.17, 15) is 32.7 Å². The zero-order chi connectivity index (χ0) is 34.8. The summed E-state index contributed by atoms with van der Waals surface area (Å²) in [6.07, 6.45) is -4.66. The Morgan fingerprint density at radius 1 is 1.00 bits per heavy atom. The standard InChI is InChI=1S/C35H42F4N4O4/c1-19(2)12-29(43-34(47)27(35(37,38)39)17-25(41-43)8-11-42-9-7-10-42)33(46)40-28(18-30(44)45)26-16-24(15-23(6)32(26)36)31-21(4)13-20(3)14-22(31)5/h13-17,19,28-29H,7-12,18H2,1-6H3,(H,40,46)(H,44,45)/t28-,29-/m0/s1. The number of carboxylic acids is 1. The molecule has 254 valence electrons. The van der Waals surface area contributed by atoms with Crippen LogP contribution in [-0.4, -0.2) is 51.3 Å². The molecule has 0 aliphatic carbocycles. The molecule has 0 bridgehead atoms. The van der Waals surface area contributed by atoms with Gasteiger partial charge < -0.3 is 15.3 Å². The number of carbonyl (C=O) groups excluding carboxylic acids is 1. The summed E-state index contributed by atoms with van der Waals surface area (Å²) in [6, 6.07) is 4.93. The molecule has 0 unspecified atom stereocenters. The molecule has 1 aromatic heterocycles. The predicted octanol–water partition coefficient (Wildman–Crippen LogP) is 6.47. The number of amides is 1. The maximum atomic E-state index is 15.8. The summed E-state index contributed by atoms with van der Waals surface area (Å²) in [5, 5.41) is 16.6. The van der Waals surface area contributed by atoms with Crippen molar-refractivity contribution in [2.75, 3.05) is 19.6 Å².